The first-order valence-electron chi connectivity index (χ1n) is 5.84. The zero-order chi connectivity index (χ0) is 12.3. The topological polar surface area (TPSA) is 78.6 Å². The molecule has 1 spiro atoms. The average Bonchev–Trinajstić information content (AvgIpc) is 2.67. The molecule has 0 aromatic heterocycles. The Kier molecular flexibility index (Phi) is 1.96. The fourth-order valence-corrected chi connectivity index (χ4v) is 3.43. The second-order valence-corrected chi connectivity index (χ2v) is 5.34. The molecule has 1 saturated carbocycles. The van der Waals surface area contributed by atoms with Crippen LogP contribution in [0.4, 0.5) is 4.79 Å². The minimum atomic E-state index is -0.824. The van der Waals surface area contributed by atoms with Crippen molar-refractivity contribution in [3.8, 4) is 0 Å². The second-order valence-electron chi connectivity index (χ2n) is 5.34. The van der Waals surface area contributed by atoms with E-state index in [1.54, 1.807) is 0 Å². The van der Waals surface area contributed by atoms with Crippen LogP contribution < -0.4 is 5.73 Å². The molecule has 1 saturated heterocycles. The Labute approximate surface area is 98.9 Å². The number of ketones is 1. The monoisotopic (exact) mass is 237 g/mol. The Morgan fingerprint density at radius 1 is 1.59 bits per heavy atom. The maximum atomic E-state index is 12.2. The molecule has 2 aliphatic heterocycles. The molecule has 17 heavy (non-hydrogen) atoms. The van der Waals surface area contributed by atoms with Gasteiger partial charge in [-0.05, 0) is 19.8 Å². The van der Waals surface area contributed by atoms with Crippen molar-refractivity contribution < 1.29 is 19.1 Å². The van der Waals surface area contributed by atoms with E-state index in [0.29, 0.717) is 19.3 Å². The number of primary amides is 1. The average molecular weight is 237 g/mol. The van der Waals surface area contributed by atoms with E-state index in [1.165, 1.54) is 0 Å². The van der Waals surface area contributed by atoms with Gasteiger partial charge >= 0.3 is 6.09 Å². The number of carbonyl (C=O) groups excluding carboxylic acids is 2. The van der Waals surface area contributed by atoms with Crippen LogP contribution in [0.25, 0.3) is 0 Å². The third-order valence-corrected chi connectivity index (χ3v) is 4.00. The highest BCUT2D eigenvalue weighted by Crippen LogP contribution is 2.53. The van der Waals surface area contributed by atoms with E-state index in [9.17, 15) is 9.59 Å². The number of rotatable bonds is 1. The smallest absolute Gasteiger partial charge is 0.404 e. The molecule has 0 aromatic rings. The molecule has 1 amide bonds. The second kappa shape index (κ2) is 3.10. The summed E-state index contributed by atoms with van der Waals surface area (Å²) < 4.78 is 11.0. The van der Waals surface area contributed by atoms with Crippen molar-refractivity contribution in [2.75, 3.05) is 0 Å². The van der Waals surface area contributed by atoms with Gasteiger partial charge in [0.05, 0.1) is 11.5 Å². The summed E-state index contributed by atoms with van der Waals surface area (Å²) in [5.74, 6) is -0.283. The Morgan fingerprint density at radius 2 is 2.35 bits per heavy atom. The Balaban J connectivity index is 1.93. The van der Waals surface area contributed by atoms with E-state index in [2.05, 4.69) is 0 Å². The largest absolute Gasteiger partial charge is 0.445 e. The third-order valence-electron chi connectivity index (χ3n) is 4.00. The summed E-state index contributed by atoms with van der Waals surface area (Å²) >= 11 is 0. The third kappa shape index (κ3) is 1.42. The summed E-state index contributed by atoms with van der Waals surface area (Å²) in [5.41, 5.74) is 3.99. The summed E-state index contributed by atoms with van der Waals surface area (Å²) in [4.78, 5) is 23.0. The molecule has 5 nitrogen and oxygen atoms in total. The highest BCUT2D eigenvalue weighted by molar-refractivity contribution is 5.87. The van der Waals surface area contributed by atoms with Crippen LogP contribution in [0.3, 0.4) is 0 Å². The van der Waals surface area contributed by atoms with Crippen molar-refractivity contribution in [3.05, 3.63) is 12.2 Å². The van der Waals surface area contributed by atoms with Gasteiger partial charge in [0.1, 0.15) is 17.5 Å². The summed E-state index contributed by atoms with van der Waals surface area (Å²) in [7, 11) is 0. The molecule has 4 atom stereocenters. The van der Waals surface area contributed by atoms with E-state index >= 15 is 0 Å². The lowest BCUT2D eigenvalue weighted by atomic mass is 9.82. The number of Topliss-reactive ketones (excluding diaryl/α,β-unsaturated/α-hetero) is 1. The lowest BCUT2D eigenvalue weighted by molar-refractivity contribution is -0.167. The Hall–Kier alpha value is -1.36. The Bertz CT molecular complexity index is 432. The lowest BCUT2D eigenvalue weighted by Gasteiger charge is -2.40. The zero-order valence-corrected chi connectivity index (χ0v) is 9.64. The van der Waals surface area contributed by atoms with E-state index in [4.69, 9.17) is 15.2 Å². The predicted molar refractivity (Wildman–Crippen MR) is 58.2 cm³/mol. The van der Waals surface area contributed by atoms with Crippen LogP contribution in [0.15, 0.2) is 12.2 Å². The molecule has 0 unspecified atom stereocenters. The van der Waals surface area contributed by atoms with Gasteiger partial charge in [-0.25, -0.2) is 4.79 Å². The number of hydrogen-bond donors (Lipinski definition) is 1. The van der Waals surface area contributed by atoms with Crippen molar-refractivity contribution in [2.45, 2.75) is 43.5 Å². The molecular formula is C12H15NO4. The first-order valence-corrected chi connectivity index (χ1v) is 5.84. The molecular weight excluding hydrogens is 222 g/mol. The van der Waals surface area contributed by atoms with Gasteiger partial charge in [0.15, 0.2) is 0 Å². The predicted octanol–water partition coefficient (Wildman–Crippen LogP) is 0.917. The molecule has 2 N–H and O–H groups in total. The zero-order valence-electron chi connectivity index (χ0n) is 9.64. The van der Waals surface area contributed by atoms with Gasteiger partial charge in [0.2, 0.25) is 0 Å². The van der Waals surface area contributed by atoms with Gasteiger partial charge in [-0.3, -0.25) is 4.79 Å². The molecule has 0 aromatic carbocycles. The van der Waals surface area contributed by atoms with Crippen LogP contribution in [-0.2, 0) is 14.3 Å². The highest BCUT2D eigenvalue weighted by atomic mass is 16.6. The van der Waals surface area contributed by atoms with Crippen molar-refractivity contribution in [3.63, 3.8) is 0 Å². The molecule has 2 heterocycles. The minimum absolute atomic E-state index is 0.104. The van der Waals surface area contributed by atoms with Crippen LogP contribution in [-0.4, -0.2) is 29.2 Å². The maximum Gasteiger partial charge on any atom is 0.404 e. The van der Waals surface area contributed by atoms with Crippen molar-refractivity contribution in [1.82, 2.24) is 0 Å². The number of nitrogens with two attached hydrogens (primary N) is 1. The molecule has 0 radical (unpaired) electrons. The van der Waals surface area contributed by atoms with Gasteiger partial charge in [0.25, 0.3) is 0 Å². The number of carbonyl (C=O) groups is 2. The van der Waals surface area contributed by atoms with E-state index in [1.807, 2.05) is 19.1 Å². The first-order chi connectivity index (χ1) is 7.94. The van der Waals surface area contributed by atoms with Crippen LogP contribution in [0, 0.1) is 5.92 Å². The summed E-state index contributed by atoms with van der Waals surface area (Å²) in [6.07, 6.45) is 4.33. The van der Waals surface area contributed by atoms with Crippen LogP contribution >= 0.6 is 0 Å². The normalized spacial score (nSPS) is 47.0. The molecule has 3 aliphatic rings. The summed E-state index contributed by atoms with van der Waals surface area (Å²) in [6, 6.07) is 0. The van der Waals surface area contributed by atoms with Crippen LogP contribution in [0.1, 0.15) is 26.2 Å². The number of ether oxygens (including phenoxy) is 2. The maximum absolute atomic E-state index is 12.2. The quantitative estimate of drug-likeness (QED) is 0.688. The molecule has 2 bridgehead atoms. The summed E-state index contributed by atoms with van der Waals surface area (Å²) in [5, 5.41) is 0. The van der Waals surface area contributed by atoms with Gasteiger partial charge in [-0.1, -0.05) is 12.2 Å². The number of hydrogen-bond acceptors (Lipinski definition) is 4. The highest BCUT2D eigenvalue weighted by Gasteiger charge is 2.61. The Morgan fingerprint density at radius 3 is 3.06 bits per heavy atom. The number of fused-ring (bicyclic) bond motifs is 1. The number of amides is 1. The fraction of sp³-hybridized carbons (Fsp3) is 0.667. The first kappa shape index (κ1) is 10.8. The van der Waals surface area contributed by atoms with E-state index in [0.717, 1.165) is 0 Å². The van der Waals surface area contributed by atoms with Crippen LogP contribution in [0.5, 0.6) is 0 Å². The lowest BCUT2D eigenvalue weighted by Crippen LogP contribution is -2.51. The van der Waals surface area contributed by atoms with Gasteiger partial charge < -0.3 is 15.2 Å². The van der Waals surface area contributed by atoms with Gasteiger partial charge in [-0.2, -0.15) is 0 Å². The molecule has 5 heteroatoms. The van der Waals surface area contributed by atoms with Gasteiger partial charge in [0, 0.05) is 6.42 Å². The van der Waals surface area contributed by atoms with Crippen molar-refractivity contribution in [2.24, 2.45) is 11.7 Å². The SMILES string of the molecule is C[C@]12C=C[C@@]3(CC[C@@H](OC(N)=O)[C@H]3C(=O)C1)O2. The molecule has 92 valence electrons. The molecule has 1 aliphatic carbocycles. The fourth-order valence-electron chi connectivity index (χ4n) is 3.43. The van der Waals surface area contributed by atoms with E-state index in [-0.39, 0.29) is 11.7 Å². The van der Waals surface area contributed by atoms with E-state index < -0.39 is 23.4 Å². The van der Waals surface area contributed by atoms with Crippen LogP contribution in [0.2, 0.25) is 0 Å². The van der Waals surface area contributed by atoms with Gasteiger partial charge in [-0.15, -0.1) is 0 Å². The summed E-state index contributed by atoms with van der Waals surface area (Å²) in [6.45, 7) is 1.91. The molecule has 3 rings (SSSR count). The minimum Gasteiger partial charge on any atom is -0.445 e. The molecule has 2 fully saturated rings. The van der Waals surface area contributed by atoms with Crippen molar-refractivity contribution >= 4 is 11.9 Å². The standard InChI is InChI=1S/C12H15NO4/c1-11-4-5-12(17-11)3-2-8(16-10(13)15)9(12)7(14)6-11/h4-5,8-9H,2-3,6H2,1H3,(H2,13,15)/t8-,9-,11+,12-/m1/s1. The van der Waals surface area contributed by atoms with Crippen molar-refractivity contribution in [1.29, 1.82) is 0 Å².